The number of nitrogens with zero attached hydrogens (tertiary/aromatic N) is 3. The van der Waals surface area contributed by atoms with Crippen LogP contribution in [0.25, 0.3) is 5.69 Å². The summed E-state index contributed by atoms with van der Waals surface area (Å²) in [5, 5.41) is 7.34. The lowest BCUT2D eigenvalue weighted by molar-refractivity contribution is -0.150. The van der Waals surface area contributed by atoms with Crippen molar-refractivity contribution in [3.05, 3.63) is 36.5 Å². The second kappa shape index (κ2) is 7.41. The summed E-state index contributed by atoms with van der Waals surface area (Å²) in [4.78, 5) is 27.6. The van der Waals surface area contributed by atoms with E-state index in [1.807, 2.05) is 36.6 Å². The number of carbonyl (C=O) groups is 2. The minimum Gasteiger partial charge on any atom is -0.467 e. The smallest absolute Gasteiger partial charge is 0.331 e. The van der Waals surface area contributed by atoms with Gasteiger partial charge in [-0.25, -0.2) is 14.3 Å². The topological polar surface area (TPSA) is 76.5 Å². The van der Waals surface area contributed by atoms with Gasteiger partial charge in [-0.2, -0.15) is 5.10 Å². The van der Waals surface area contributed by atoms with Gasteiger partial charge in [0.05, 0.1) is 23.9 Å². The zero-order chi connectivity index (χ0) is 18.7. The predicted octanol–water partition coefficient (Wildman–Crippen LogP) is 3.15. The van der Waals surface area contributed by atoms with Crippen LogP contribution >= 0.6 is 11.8 Å². The van der Waals surface area contributed by atoms with Gasteiger partial charge in [0.15, 0.2) is 5.82 Å². The van der Waals surface area contributed by atoms with Crippen molar-refractivity contribution < 1.29 is 14.3 Å². The van der Waals surface area contributed by atoms with Crippen LogP contribution in [-0.4, -0.2) is 52.1 Å². The molecule has 138 valence electrons. The van der Waals surface area contributed by atoms with E-state index >= 15 is 0 Å². The fourth-order valence-corrected chi connectivity index (χ4v) is 3.74. The maximum Gasteiger partial charge on any atom is 0.331 e. The molecule has 0 unspecified atom stereocenters. The minimum atomic E-state index is -0.948. The molecule has 0 spiro atoms. The van der Waals surface area contributed by atoms with Crippen molar-refractivity contribution in [3.63, 3.8) is 0 Å². The number of nitrogens with one attached hydrogen (secondary N) is 1. The molecule has 26 heavy (non-hydrogen) atoms. The van der Waals surface area contributed by atoms with Crippen LogP contribution in [0.3, 0.4) is 0 Å². The molecule has 1 aromatic carbocycles. The number of hydrogen-bond acceptors (Lipinski definition) is 5. The SMILES string of the molecule is COC(=O)[C@@]1(C)CCCN1C(=O)Nc1c(SC)cnn1-c1ccccc1. The molecule has 1 atom stereocenters. The van der Waals surface area contributed by atoms with Gasteiger partial charge < -0.3 is 9.64 Å². The average molecular weight is 374 g/mol. The fourth-order valence-electron chi connectivity index (χ4n) is 3.25. The van der Waals surface area contributed by atoms with Crippen LogP contribution in [0.5, 0.6) is 0 Å². The number of aromatic nitrogens is 2. The molecule has 0 aliphatic carbocycles. The Kier molecular flexibility index (Phi) is 5.22. The summed E-state index contributed by atoms with van der Waals surface area (Å²) in [6.07, 6.45) is 4.99. The van der Waals surface area contributed by atoms with Gasteiger partial charge in [0, 0.05) is 6.54 Å². The molecular formula is C18H22N4O3S. The Hall–Kier alpha value is -2.48. The third kappa shape index (κ3) is 3.16. The van der Waals surface area contributed by atoms with Crippen LogP contribution in [0.4, 0.5) is 10.6 Å². The summed E-state index contributed by atoms with van der Waals surface area (Å²) in [6, 6.07) is 9.25. The van der Waals surface area contributed by atoms with Gasteiger partial charge in [-0.1, -0.05) is 18.2 Å². The maximum atomic E-state index is 13.0. The first-order chi connectivity index (χ1) is 12.5. The van der Waals surface area contributed by atoms with Gasteiger partial charge in [-0.15, -0.1) is 11.8 Å². The fraction of sp³-hybridized carbons (Fsp3) is 0.389. The highest BCUT2D eigenvalue weighted by atomic mass is 32.2. The molecule has 0 bridgehead atoms. The number of esters is 1. The molecule has 2 amide bonds. The van der Waals surface area contributed by atoms with Gasteiger partial charge in [0.2, 0.25) is 0 Å². The molecule has 1 aromatic heterocycles. The van der Waals surface area contributed by atoms with E-state index in [4.69, 9.17) is 4.74 Å². The zero-order valence-corrected chi connectivity index (χ0v) is 15.9. The van der Waals surface area contributed by atoms with E-state index in [1.165, 1.54) is 18.9 Å². The molecular weight excluding hydrogens is 352 g/mol. The van der Waals surface area contributed by atoms with Crippen molar-refractivity contribution in [1.82, 2.24) is 14.7 Å². The molecule has 2 aromatic rings. The largest absolute Gasteiger partial charge is 0.467 e. The van der Waals surface area contributed by atoms with E-state index < -0.39 is 11.5 Å². The van der Waals surface area contributed by atoms with E-state index in [0.717, 1.165) is 17.0 Å². The summed E-state index contributed by atoms with van der Waals surface area (Å²) in [5.41, 5.74) is -0.101. The molecule has 1 saturated heterocycles. The van der Waals surface area contributed by atoms with Crippen molar-refractivity contribution in [3.8, 4) is 5.69 Å². The highest BCUT2D eigenvalue weighted by molar-refractivity contribution is 7.98. The molecule has 7 nitrogen and oxygen atoms in total. The van der Waals surface area contributed by atoms with Crippen molar-refractivity contribution in [1.29, 1.82) is 0 Å². The highest BCUT2D eigenvalue weighted by Gasteiger charge is 2.47. The molecule has 1 N–H and O–H groups in total. The summed E-state index contributed by atoms with van der Waals surface area (Å²) < 4.78 is 6.60. The molecule has 0 radical (unpaired) electrons. The molecule has 8 heteroatoms. The van der Waals surface area contributed by atoms with Crippen LogP contribution in [0.15, 0.2) is 41.4 Å². The molecule has 2 heterocycles. The number of ether oxygens (including phenoxy) is 1. The van der Waals surface area contributed by atoms with Gasteiger partial charge in [-0.3, -0.25) is 5.32 Å². The number of thioether (sulfide) groups is 1. The third-order valence-electron chi connectivity index (χ3n) is 4.69. The Morgan fingerprint density at radius 2 is 2.04 bits per heavy atom. The van der Waals surface area contributed by atoms with Crippen LogP contribution in [0, 0.1) is 0 Å². The summed E-state index contributed by atoms with van der Waals surface area (Å²) in [7, 11) is 1.35. The Morgan fingerprint density at radius 3 is 2.69 bits per heavy atom. The molecule has 1 aliphatic rings. The second-order valence-corrected chi connectivity index (χ2v) is 7.11. The number of amides is 2. The van der Waals surface area contributed by atoms with Crippen LogP contribution in [-0.2, 0) is 9.53 Å². The Bertz CT molecular complexity index is 808. The first kappa shape index (κ1) is 18.3. The van der Waals surface area contributed by atoms with E-state index in [1.54, 1.807) is 22.7 Å². The highest BCUT2D eigenvalue weighted by Crippen LogP contribution is 2.33. The first-order valence-corrected chi connectivity index (χ1v) is 9.58. The van der Waals surface area contributed by atoms with E-state index in [-0.39, 0.29) is 6.03 Å². The van der Waals surface area contributed by atoms with E-state index in [9.17, 15) is 9.59 Å². The van der Waals surface area contributed by atoms with Crippen molar-refractivity contribution in [2.75, 3.05) is 25.2 Å². The van der Waals surface area contributed by atoms with Crippen molar-refractivity contribution in [2.24, 2.45) is 0 Å². The van der Waals surface area contributed by atoms with Crippen molar-refractivity contribution >= 4 is 29.6 Å². The van der Waals surface area contributed by atoms with Gasteiger partial charge in [0.25, 0.3) is 0 Å². The standard InChI is InChI=1S/C18H22N4O3S/c1-18(16(23)25-2)10-7-11-21(18)17(24)20-15-14(26-3)12-19-22(15)13-8-5-4-6-9-13/h4-6,8-9,12H,7,10-11H2,1-3H3,(H,20,24)/t18-/m1/s1. The molecule has 1 fully saturated rings. The summed E-state index contributed by atoms with van der Waals surface area (Å²) in [5.74, 6) is 0.194. The lowest BCUT2D eigenvalue weighted by Gasteiger charge is -2.32. The third-order valence-corrected chi connectivity index (χ3v) is 5.43. The number of benzene rings is 1. The van der Waals surface area contributed by atoms with Crippen LogP contribution < -0.4 is 5.32 Å². The average Bonchev–Trinajstić information content (AvgIpc) is 3.25. The monoisotopic (exact) mass is 374 g/mol. The Balaban J connectivity index is 1.90. The summed E-state index contributed by atoms with van der Waals surface area (Å²) >= 11 is 1.50. The number of para-hydroxylation sites is 1. The van der Waals surface area contributed by atoms with Crippen LogP contribution in [0.1, 0.15) is 19.8 Å². The normalized spacial score (nSPS) is 19.4. The molecule has 1 aliphatic heterocycles. The number of anilines is 1. The lowest BCUT2D eigenvalue weighted by atomic mass is 9.99. The Morgan fingerprint density at radius 1 is 1.31 bits per heavy atom. The Labute approximate surface area is 156 Å². The number of methoxy groups -OCH3 is 1. The van der Waals surface area contributed by atoms with Crippen LogP contribution in [0.2, 0.25) is 0 Å². The number of likely N-dealkylation sites (tertiary alicyclic amines) is 1. The predicted molar refractivity (Wildman–Crippen MR) is 101 cm³/mol. The first-order valence-electron chi connectivity index (χ1n) is 8.35. The number of hydrogen-bond donors (Lipinski definition) is 1. The van der Waals surface area contributed by atoms with Gasteiger partial charge in [-0.05, 0) is 38.2 Å². The molecule has 0 saturated carbocycles. The summed E-state index contributed by atoms with van der Waals surface area (Å²) in [6.45, 7) is 2.25. The second-order valence-electron chi connectivity index (χ2n) is 6.26. The number of carbonyl (C=O) groups excluding carboxylic acids is 2. The number of urea groups is 1. The van der Waals surface area contributed by atoms with E-state index in [2.05, 4.69) is 10.4 Å². The van der Waals surface area contributed by atoms with Gasteiger partial charge >= 0.3 is 12.0 Å². The number of rotatable bonds is 4. The minimum absolute atomic E-state index is 0.330. The quantitative estimate of drug-likeness (QED) is 0.657. The lowest BCUT2D eigenvalue weighted by Crippen LogP contribution is -2.52. The maximum absolute atomic E-state index is 13.0. The van der Waals surface area contributed by atoms with Gasteiger partial charge in [0.1, 0.15) is 5.54 Å². The van der Waals surface area contributed by atoms with E-state index in [0.29, 0.717) is 18.8 Å². The zero-order valence-electron chi connectivity index (χ0n) is 15.1. The molecule has 3 rings (SSSR count). The van der Waals surface area contributed by atoms with Crippen molar-refractivity contribution in [2.45, 2.75) is 30.2 Å².